The average molecular weight is 209 g/mol. The van der Waals surface area contributed by atoms with E-state index in [2.05, 4.69) is 0 Å². The Bertz CT molecular complexity index is 330. The van der Waals surface area contributed by atoms with Gasteiger partial charge in [-0.15, -0.1) is 0 Å². The summed E-state index contributed by atoms with van der Waals surface area (Å²) in [5.41, 5.74) is 6.32. The lowest BCUT2D eigenvalue weighted by molar-refractivity contribution is 0.0871. The fraction of sp³-hybridized carbons (Fsp3) is 0.500. The quantitative estimate of drug-likeness (QED) is 0.783. The van der Waals surface area contributed by atoms with E-state index >= 15 is 0 Å². The molecule has 82 valence electrons. The Kier molecular flexibility index (Phi) is 2.76. The van der Waals surface area contributed by atoms with Crippen molar-refractivity contribution in [3.8, 4) is 0 Å². The summed E-state index contributed by atoms with van der Waals surface area (Å²) in [5.74, 6) is -0.288. The Morgan fingerprint density at radius 1 is 1.20 bits per heavy atom. The van der Waals surface area contributed by atoms with E-state index in [1.54, 1.807) is 12.1 Å². The van der Waals surface area contributed by atoms with Gasteiger partial charge in [-0.1, -0.05) is 25.0 Å². The van der Waals surface area contributed by atoms with Crippen LogP contribution in [0.2, 0.25) is 0 Å². The van der Waals surface area contributed by atoms with Crippen LogP contribution in [-0.2, 0) is 0 Å². The van der Waals surface area contributed by atoms with Gasteiger partial charge < -0.3 is 10.8 Å². The van der Waals surface area contributed by atoms with Gasteiger partial charge in [-0.05, 0) is 30.5 Å². The van der Waals surface area contributed by atoms with E-state index in [0.717, 1.165) is 25.7 Å². The molecule has 1 aliphatic rings. The molecule has 3 N–H and O–H groups in total. The van der Waals surface area contributed by atoms with E-state index in [0.29, 0.717) is 5.56 Å². The molecule has 1 unspecified atom stereocenters. The molecule has 0 aliphatic heterocycles. The van der Waals surface area contributed by atoms with Crippen LogP contribution in [-0.4, -0.2) is 10.6 Å². The molecule has 1 aromatic carbocycles. The fourth-order valence-corrected chi connectivity index (χ4v) is 2.28. The Balaban J connectivity index is 2.19. The third-order valence-electron chi connectivity index (χ3n) is 3.26. The fourth-order valence-electron chi connectivity index (χ4n) is 2.28. The Morgan fingerprint density at radius 2 is 1.73 bits per heavy atom. The first-order valence-corrected chi connectivity index (χ1v) is 5.34. The first-order chi connectivity index (χ1) is 7.12. The first-order valence-electron chi connectivity index (χ1n) is 5.34. The van der Waals surface area contributed by atoms with E-state index in [-0.39, 0.29) is 5.82 Å². The van der Waals surface area contributed by atoms with Crippen molar-refractivity contribution in [3.05, 3.63) is 35.6 Å². The Hall–Kier alpha value is -0.930. The molecule has 0 radical (unpaired) electrons. The van der Waals surface area contributed by atoms with Gasteiger partial charge in [0.15, 0.2) is 0 Å². The molecule has 0 saturated heterocycles. The van der Waals surface area contributed by atoms with E-state index in [1.165, 1.54) is 12.1 Å². The van der Waals surface area contributed by atoms with Gasteiger partial charge in [0.05, 0.1) is 6.10 Å². The SMILES string of the molecule is NC1(C(O)c2ccc(F)cc2)CCCC1. The molecule has 2 rings (SSSR count). The highest BCUT2D eigenvalue weighted by Crippen LogP contribution is 2.37. The summed E-state index contributed by atoms with van der Waals surface area (Å²) in [6.45, 7) is 0. The molecule has 15 heavy (non-hydrogen) atoms. The topological polar surface area (TPSA) is 46.2 Å². The van der Waals surface area contributed by atoms with Crippen LogP contribution >= 0.6 is 0 Å². The molecule has 3 heteroatoms. The molecule has 2 nitrogen and oxygen atoms in total. The molecular formula is C12H16FNO. The standard InChI is InChI=1S/C12H16FNO/c13-10-5-3-9(4-6-10)11(15)12(14)7-1-2-8-12/h3-6,11,15H,1-2,7-8,14H2. The molecule has 1 saturated carbocycles. The minimum absolute atomic E-state index is 0.288. The summed E-state index contributed by atoms with van der Waals surface area (Å²) in [6.07, 6.45) is 3.13. The van der Waals surface area contributed by atoms with Gasteiger partial charge in [-0.3, -0.25) is 0 Å². The molecule has 1 fully saturated rings. The van der Waals surface area contributed by atoms with Gasteiger partial charge in [0.2, 0.25) is 0 Å². The predicted octanol–water partition coefficient (Wildman–Crippen LogP) is 2.13. The summed E-state index contributed by atoms with van der Waals surface area (Å²) in [6, 6.07) is 5.92. The molecule has 0 amide bonds. The number of nitrogens with two attached hydrogens (primary N) is 1. The molecule has 0 heterocycles. The zero-order chi connectivity index (χ0) is 10.9. The van der Waals surface area contributed by atoms with Crippen LogP contribution in [0.25, 0.3) is 0 Å². The monoisotopic (exact) mass is 209 g/mol. The van der Waals surface area contributed by atoms with Crippen LogP contribution < -0.4 is 5.73 Å². The van der Waals surface area contributed by atoms with Crippen LogP contribution in [0.1, 0.15) is 37.4 Å². The highest BCUT2D eigenvalue weighted by Gasteiger charge is 2.37. The number of aliphatic hydroxyl groups is 1. The second kappa shape index (κ2) is 3.91. The smallest absolute Gasteiger partial charge is 0.123 e. The van der Waals surface area contributed by atoms with Crippen molar-refractivity contribution in [2.24, 2.45) is 5.73 Å². The molecular weight excluding hydrogens is 193 g/mol. The molecule has 1 aromatic rings. The zero-order valence-corrected chi connectivity index (χ0v) is 8.62. The summed E-state index contributed by atoms with van der Waals surface area (Å²) < 4.78 is 12.7. The van der Waals surface area contributed by atoms with Crippen molar-refractivity contribution in [2.75, 3.05) is 0 Å². The van der Waals surface area contributed by atoms with Gasteiger partial charge >= 0.3 is 0 Å². The number of hydrogen-bond donors (Lipinski definition) is 2. The van der Waals surface area contributed by atoms with Gasteiger partial charge in [0.1, 0.15) is 5.82 Å². The van der Waals surface area contributed by atoms with Gasteiger partial charge in [-0.2, -0.15) is 0 Å². The van der Waals surface area contributed by atoms with Gasteiger partial charge in [0, 0.05) is 5.54 Å². The molecule has 1 aliphatic carbocycles. The van der Waals surface area contributed by atoms with Crippen LogP contribution in [0.5, 0.6) is 0 Å². The van der Waals surface area contributed by atoms with Crippen LogP contribution in [0.15, 0.2) is 24.3 Å². The van der Waals surface area contributed by atoms with Gasteiger partial charge in [0.25, 0.3) is 0 Å². The maximum absolute atomic E-state index is 12.7. The third kappa shape index (κ3) is 2.03. The summed E-state index contributed by atoms with van der Waals surface area (Å²) in [5, 5.41) is 10.1. The predicted molar refractivity (Wildman–Crippen MR) is 56.7 cm³/mol. The van der Waals surface area contributed by atoms with Crippen molar-refractivity contribution in [1.82, 2.24) is 0 Å². The van der Waals surface area contributed by atoms with E-state index in [1.807, 2.05) is 0 Å². The van der Waals surface area contributed by atoms with E-state index < -0.39 is 11.6 Å². The summed E-state index contributed by atoms with van der Waals surface area (Å²) in [7, 11) is 0. The largest absolute Gasteiger partial charge is 0.386 e. The van der Waals surface area contributed by atoms with Crippen molar-refractivity contribution in [1.29, 1.82) is 0 Å². The lowest BCUT2D eigenvalue weighted by Crippen LogP contribution is -2.42. The number of hydrogen-bond acceptors (Lipinski definition) is 2. The Labute approximate surface area is 88.9 Å². The van der Waals surface area contributed by atoms with Crippen LogP contribution in [0, 0.1) is 5.82 Å². The van der Waals surface area contributed by atoms with Crippen molar-refractivity contribution in [2.45, 2.75) is 37.3 Å². The minimum atomic E-state index is -0.680. The molecule has 0 aromatic heterocycles. The van der Waals surface area contributed by atoms with E-state index in [9.17, 15) is 9.50 Å². The average Bonchev–Trinajstić information content (AvgIpc) is 2.67. The lowest BCUT2D eigenvalue weighted by Gasteiger charge is -2.30. The normalized spacial score (nSPS) is 21.5. The maximum Gasteiger partial charge on any atom is 0.123 e. The first kappa shape index (κ1) is 10.6. The minimum Gasteiger partial charge on any atom is -0.386 e. The number of benzene rings is 1. The molecule has 0 bridgehead atoms. The molecule has 0 spiro atoms. The second-order valence-corrected chi connectivity index (χ2v) is 4.39. The second-order valence-electron chi connectivity index (χ2n) is 4.39. The Morgan fingerprint density at radius 3 is 2.27 bits per heavy atom. The number of halogens is 1. The van der Waals surface area contributed by atoms with Gasteiger partial charge in [-0.25, -0.2) is 4.39 Å². The van der Waals surface area contributed by atoms with Crippen molar-refractivity contribution in [3.63, 3.8) is 0 Å². The molecule has 1 atom stereocenters. The summed E-state index contributed by atoms with van der Waals surface area (Å²) >= 11 is 0. The lowest BCUT2D eigenvalue weighted by atomic mass is 9.87. The summed E-state index contributed by atoms with van der Waals surface area (Å²) in [4.78, 5) is 0. The number of aliphatic hydroxyl groups excluding tert-OH is 1. The van der Waals surface area contributed by atoms with Crippen LogP contribution in [0.4, 0.5) is 4.39 Å². The maximum atomic E-state index is 12.7. The van der Waals surface area contributed by atoms with Crippen molar-refractivity contribution >= 4 is 0 Å². The number of rotatable bonds is 2. The highest BCUT2D eigenvalue weighted by molar-refractivity contribution is 5.22. The third-order valence-corrected chi connectivity index (χ3v) is 3.26. The zero-order valence-electron chi connectivity index (χ0n) is 8.62. The van der Waals surface area contributed by atoms with Crippen LogP contribution in [0.3, 0.4) is 0 Å². The highest BCUT2D eigenvalue weighted by atomic mass is 19.1. The van der Waals surface area contributed by atoms with E-state index in [4.69, 9.17) is 5.73 Å². The van der Waals surface area contributed by atoms with Crippen molar-refractivity contribution < 1.29 is 9.50 Å².